The second kappa shape index (κ2) is 9.81. The molecule has 0 radical (unpaired) electrons. The smallest absolute Gasteiger partial charge is 0.270 e. The van der Waals surface area contributed by atoms with E-state index in [1.54, 1.807) is 12.1 Å². The van der Waals surface area contributed by atoms with Crippen LogP contribution in [-0.4, -0.2) is 70.6 Å². The minimum atomic E-state index is -0.390. The van der Waals surface area contributed by atoms with Gasteiger partial charge in [-0.05, 0) is 48.7 Å². The van der Waals surface area contributed by atoms with Crippen molar-refractivity contribution in [1.29, 1.82) is 0 Å². The van der Waals surface area contributed by atoms with Gasteiger partial charge in [-0.1, -0.05) is 37.7 Å². The molecule has 9 heteroatoms. The Morgan fingerprint density at radius 3 is 2.49 bits per heavy atom. The van der Waals surface area contributed by atoms with Crippen LogP contribution in [0.2, 0.25) is 0 Å². The van der Waals surface area contributed by atoms with Crippen LogP contribution in [0.4, 0.5) is 15.8 Å². The fraction of sp³-hybridized carbons (Fsp3) is 0.385. The molecule has 3 aliphatic rings. The minimum Gasteiger partial charge on any atom is -0.368 e. The van der Waals surface area contributed by atoms with Crippen LogP contribution in [-0.2, 0) is 9.59 Å². The number of aliphatic imine (C=N–C) groups is 2. The van der Waals surface area contributed by atoms with Gasteiger partial charge in [0.2, 0.25) is 5.91 Å². The largest absolute Gasteiger partial charge is 0.368 e. The van der Waals surface area contributed by atoms with Crippen molar-refractivity contribution in [2.75, 3.05) is 36.8 Å². The average Bonchev–Trinajstić information content (AvgIpc) is 3.18. The van der Waals surface area contributed by atoms with Gasteiger partial charge in [-0.15, -0.1) is 0 Å². The number of benzene rings is 2. The summed E-state index contributed by atoms with van der Waals surface area (Å²) < 4.78 is 13.2. The summed E-state index contributed by atoms with van der Waals surface area (Å²) in [6.45, 7) is 6.78. The van der Waals surface area contributed by atoms with E-state index in [1.807, 2.05) is 34.1 Å². The number of carbonyl (C=O) groups excluding carboxylic acids is 2. The van der Waals surface area contributed by atoms with E-state index in [9.17, 15) is 14.0 Å². The van der Waals surface area contributed by atoms with Gasteiger partial charge in [0.05, 0.1) is 11.4 Å². The maximum atomic E-state index is 13.2. The Labute approximate surface area is 208 Å². The topological polar surface area (TPSA) is 68.6 Å². The van der Waals surface area contributed by atoms with Crippen LogP contribution in [0, 0.1) is 11.7 Å². The molecular formula is C26H28FN5O2S. The Kier molecular flexibility index (Phi) is 6.60. The SMILES string of the molecule is CC(C)CC1C(=O)N=C2c3ccccc3N=C(SCC(=O)N3CCN(c4ccc(F)cc4)CC3)N21. The Bertz CT molecular complexity index is 1190. The number of carbonyl (C=O) groups is 2. The third kappa shape index (κ3) is 4.82. The molecule has 1 unspecified atom stereocenters. The summed E-state index contributed by atoms with van der Waals surface area (Å²) in [4.78, 5) is 41.0. The molecule has 0 aliphatic carbocycles. The molecule has 182 valence electrons. The van der Waals surface area contributed by atoms with Crippen molar-refractivity contribution in [3.8, 4) is 0 Å². The predicted octanol–water partition coefficient (Wildman–Crippen LogP) is 3.91. The van der Waals surface area contributed by atoms with Gasteiger partial charge in [-0.25, -0.2) is 9.38 Å². The molecular weight excluding hydrogens is 465 g/mol. The third-order valence-corrected chi connectivity index (χ3v) is 7.39. The summed E-state index contributed by atoms with van der Waals surface area (Å²) in [5, 5.41) is 0.650. The number of halogens is 1. The van der Waals surface area contributed by atoms with Crippen LogP contribution in [0.25, 0.3) is 0 Å². The van der Waals surface area contributed by atoms with E-state index in [-0.39, 0.29) is 29.4 Å². The van der Waals surface area contributed by atoms with Crippen molar-refractivity contribution in [2.45, 2.75) is 26.3 Å². The Balaban J connectivity index is 1.26. The Morgan fingerprint density at radius 2 is 1.77 bits per heavy atom. The minimum absolute atomic E-state index is 0.0414. The van der Waals surface area contributed by atoms with E-state index in [2.05, 4.69) is 23.7 Å². The highest BCUT2D eigenvalue weighted by Gasteiger charge is 2.42. The molecule has 3 aliphatic heterocycles. The first-order valence-corrected chi connectivity index (χ1v) is 12.9. The second-order valence-corrected chi connectivity index (χ2v) is 10.3. The number of fused-ring (bicyclic) bond motifs is 3. The highest BCUT2D eigenvalue weighted by atomic mass is 32.2. The summed E-state index contributed by atoms with van der Waals surface area (Å²) in [7, 11) is 0. The molecule has 7 nitrogen and oxygen atoms in total. The molecule has 0 bridgehead atoms. The average molecular weight is 494 g/mol. The summed E-state index contributed by atoms with van der Waals surface area (Å²) in [6.07, 6.45) is 0.673. The van der Waals surface area contributed by atoms with E-state index in [0.29, 0.717) is 49.5 Å². The number of rotatable bonds is 5. The number of para-hydroxylation sites is 1. The molecule has 2 aromatic carbocycles. The number of nitrogens with zero attached hydrogens (tertiary/aromatic N) is 5. The number of piperazine rings is 1. The first kappa shape index (κ1) is 23.5. The molecule has 5 rings (SSSR count). The van der Waals surface area contributed by atoms with Gasteiger partial charge in [0.25, 0.3) is 5.91 Å². The first-order valence-electron chi connectivity index (χ1n) is 11.9. The summed E-state index contributed by atoms with van der Waals surface area (Å²) in [5.41, 5.74) is 2.58. The van der Waals surface area contributed by atoms with Gasteiger partial charge in [0.1, 0.15) is 17.7 Å². The molecule has 0 aromatic heterocycles. The van der Waals surface area contributed by atoms with E-state index in [4.69, 9.17) is 4.99 Å². The summed E-state index contributed by atoms with van der Waals surface area (Å²) in [5.74, 6) is 0.831. The number of amidine groups is 2. The quantitative estimate of drug-likeness (QED) is 0.632. The van der Waals surface area contributed by atoms with Crippen molar-refractivity contribution in [1.82, 2.24) is 9.80 Å². The van der Waals surface area contributed by atoms with Crippen LogP contribution in [0.15, 0.2) is 58.5 Å². The molecule has 2 aromatic rings. The molecule has 35 heavy (non-hydrogen) atoms. The van der Waals surface area contributed by atoms with Gasteiger partial charge in [-0.3, -0.25) is 14.5 Å². The lowest BCUT2D eigenvalue weighted by Crippen LogP contribution is -2.49. The fourth-order valence-corrected chi connectivity index (χ4v) is 5.61. The van der Waals surface area contributed by atoms with Gasteiger partial charge >= 0.3 is 0 Å². The van der Waals surface area contributed by atoms with Crippen LogP contribution in [0.1, 0.15) is 25.8 Å². The van der Waals surface area contributed by atoms with E-state index in [0.717, 1.165) is 16.9 Å². The normalized spacial score (nSPS) is 19.5. The molecule has 1 atom stereocenters. The summed E-state index contributed by atoms with van der Waals surface area (Å²) >= 11 is 1.37. The van der Waals surface area contributed by atoms with Crippen molar-refractivity contribution < 1.29 is 14.0 Å². The standard InChI is InChI=1S/C26H28FN5O2S/c1-17(2)15-22-25(34)29-24-20-5-3-4-6-21(20)28-26(32(22)24)35-16-23(33)31-13-11-30(12-14-31)19-9-7-18(27)8-10-19/h3-10,17,22H,11-16H2,1-2H3. The van der Waals surface area contributed by atoms with Crippen molar-refractivity contribution in [3.05, 3.63) is 59.9 Å². The molecule has 0 saturated carbocycles. The van der Waals surface area contributed by atoms with Crippen molar-refractivity contribution >= 4 is 46.0 Å². The predicted molar refractivity (Wildman–Crippen MR) is 138 cm³/mol. The molecule has 3 heterocycles. The van der Waals surface area contributed by atoms with Gasteiger partial charge in [0, 0.05) is 37.4 Å². The molecule has 0 spiro atoms. The lowest BCUT2D eigenvalue weighted by Gasteiger charge is -2.36. The van der Waals surface area contributed by atoms with E-state index in [1.165, 1.54) is 23.9 Å². The molecule has 1 fully saturated rings. The number of hydrogen-bond acceptors (Lipinski definition) is 6. The van der Waals surface area contributed by atoms with Crippen LogP contribution < -0.4 is 4.90 Å². The van der Waals surface area contributed by atoms with E-state index >= 15 is 0 Å². The maximum Gasteiger partial charge on any atom is 0.270 e. The second-order valence-electron chi connectivity index (χ2n) is 9.33. The van der Waals surface area contributed by atoms with Crippen molar-refractivity contribution in [2.24, 2.45) is 15.9 Å². The van der Waals surface area contributed by atoms with Crippen LogP contribution >= 0.6 is 11.8 Å². The number of amides is 2. The third-order valence-electron chi connectivity index (χ3n) is 6.45. The lowest BCUT2D eigenvalue weighted by molar-refractivity contribution is -0.128. The van der Waals surface area contributed by atoms with E-state index < -0.39 is 0 Å². The molecule has 0 N–H and O–H groups in total. The van der Waals surface area contributed by atoms with Gasteiger partial charge < -0.3 is 9.80 Å². The molecule has 1 saturated heterocycles. The van der Waals surface area contributed by atoms with Crippen LogP contribution in [0.5, 0.6) is 0 Å². The highest BCUT2D eigenvalue weighted by Crippen LogP contribution is 2.35. The first-order chi connectivity index (χ1) is 16.9. The van der Waals surface area contributed by atoms with Crippen molar-refractivity contribution in [3.63, 3.8) is 0 Å². The lowest BCUT2D eigenvalue weighted by atomic mass is 10.0. The Morgan fingerprint density at radius 1 is 1.06 bits per heavy atom. The summed E-state index contributed by atoms with van der Waals surface area (Å²) in [6, 6.07) is 13.7. The number of hydrogen-bond donors (Lipinski definition) is 0. The maximum absolute atomic E-state index is 13.2. The fourth-order valence-electron chi connectivity index (χ4n) is 4.66. The highest BCUT2D eigenvalue weighted by molar-refractivity contribution is 8.14. The van der Waals surface area contributed by atoms with Gasteiger partial charge in [0.15, 0.2) is 5.17 Å². The zero-order valence-electron chi connectivity index (χ0n) is 19.9. The zero-order chi connectivity index (χ0) is 24.5. The Hall–Kier alpha value is -3.20. The molecule has 2 amide bonds. The van der Waals surface area contributed by atoms with Gasteiger partial charge in [-0.2, -0.15) is 4.99 Å². The monoisotopic (exact) mass is 493 g/mol. The number of thioether (sulfide) groups is 1. The zero-order valence-corrected chi connectivity index (χ0v) is 20.7. The number of anilines is 1. The van der Waals surface area contributed by atoms with Crippen LogP contribution in [0.3, 0.4) is 0 Å².